The number of pyridine rings is 1. The number of sulfonamides is 1. The molecule has 0 amide bonds. The second kappa shape index (κ2) is 8.94. The molecular weight excluding hydrogens is 419 g/mol. The maximum absolute atomic E-state index is 13.9. The number of halogens is 1. The molecule has 3 heterocycles. The minimum absolute atomic E-state index is 0.182. The topological polar surface area (TPSA) is 91.3 Å². The van der Waals surface area contributed by atoms with Crippen LogP contribution in [0.1, 0.15) is 11.4 Å². The fraction of sp³-hybridized carbons (Fsp3) is 0.286. The Morgan fingerprint density at radius 2 is 1.74 bits per heavy atom. The minimum Gasteiger partial charge on any atom is -0.354 e. The highest BCUT2D eigenvalue weighted by molar-refractivity contribution is 7.88. The van der Waals surface area contributed by atoms with Crippen molar-refractivity contribution < 1.29 is 12.8 Å². The van der Waals surface area contributed by atoms with Crippen molar-refractivity contribution >= 4 is 27.5 Å². The van der Waals surface area contributed by atoms with Gasteiger partial charge in [-0.1, -0.05) is 24.3 Å². The Hall–Kier alpha value is -3.11. The number of nitrogens with one attached hydrogen (secondary N) is 1. The van der Waals surface area contributed by atoms with E-state index < -0.39 is 15.8 Å². The molecule has 2 aromatic heterocycles. The van der Waals surface area contributed by atoms with Gasteiger partial charge in [-0.05, 0) is 25.1 Å². The van der Waals surface area contributed by atoms with E-state index in [9.17, 15) is 12.8 Å². The second-order valence-corrected chi connectivity index (χ2v) is 9.20. The zero-order chi connectivity index (χ0) is 21.8. The number of anilines is 3. The Labute approximate surface area is 180 Å². The monoisotopic (exact) mass is 442 g/mol. The van der Waals surface area contributed by atoms with Crippen molar-refractivity contribution in [1.82, 2.24) is 19.3 Å². The number of rotatable bonds is 6. The van der Waals surface area contributed by atoms with E-state index in [2.05, 4.69) is 20.3 Å². The first-order valence-corrected chi connectivity index (χ1v) is 11.5. The van der Waals surface area contributed by atoms with Crippen molar-refractivity contribution in [2.24, 2.45) is 0 Å². The SMILES string of the molecule is Cc1nc(Nc2ccccn2)cc(N2CCN(S(=O)(=O)Cc3ccccc3F)CC2)n1. The van der Waals surface area contributed by atoms with Crippen molar-refractivity contribution in [2.45, 2.75) is 12.7 Å². The third-order valence-electron chi connectivity index (χ3n) is 5.00. The Morgan fingerprint density at radius 1 is 1.00 bits per heavy atom. The zero-order valence-corrected chi connectivity index (χ0v) is 17.9. The smallest absolute Gasteiger partial charge is 0.218 e. The van der Waals surface area contributed by atoms with Crippen molar-refractivity contribution in [3.05, 3.63) is 71.9 Å². The van der Waals surface area contributed by atoms with Gasteiger partial charge in [0.25, 0.3) is 0 Å². The molecule has 0 spiro atoms. The van der Waals surface area contributed by atoms with Crippen LogP contribution in [0.5, 0.6) is 0 Å². The van der Waals surface area contributed by atoms with Crippen LogP contribution in [0.4, 0.5) is 21.8 Å². The molecule has 8 nitrogen and oxygen atoms in total. The van der Waals surface area contributed by atoms with E-state index in [-0.39, 0.29) is 11.3 Å². The number of hydrogen-bond acceptors (Lipinski definition) is 7. The van der Waals surface area contributed by atoms with E-state index in [0.29, 0.717) is 43.6 Å². The third-order valence-corrected chi connectivity index (χ3v) is 6.82. The lowest BCUT2D eigenvalue weighted by Crippen LogP contribution is -2.49. The van der Waals surface area contributed by atoms with Crippen LogP contribution in [0, 0.1) is 12.7 Å². The van der Waals surface area contributed by atoms with E-state index >= 15 is 0 Å². The van der Waals surface area contributed by atoms with Crippen LogP contribution in [0.2, 0.25) is 0 Å². The highest BCUT2D eigenvalue weighted by Crippen LogP contribution is 2.22. The highest BCUT2D eigenvalue weighted by Gasteiger charge is 2.28. The summed E-state index contributed by atoms with van der Waals surface area (Å²) in [7, 11) is -3.61. The first-order chi connectivity index (χ1) is 14.9. The van der Waals surface area contributed by atoms with E-state index in [4.69, 9.17) is 0 Å². The Kier molecular flexibility index (Phi) is 6.10. The van der Waals surface area contributed by atoms with Gasteiger partial charge in [-0.25, -0.2) is 27.8 Å². The molecule has 0 unspecified atom stereocenters. The number of hydrogen-bond donors (Lipinski definition) is 1. The maximum atomic E-state index is 13.9. The van der Waals surface area contributed by atoms with Crippen LogP contribution in [-0.4, -0.2) is 53.9 Å². The minimum atomic E-state index is -3.61. The molecule has 1 N–H and O–H groups in total. The first kappa shape index (κ1) is 21.1. The summed E-state index contributed by atoms with van der Waals surface area (Å²) in [5.74, 6) is 1.77. The second-order valence-electron chi connectivity index (χ2n) is 7.23. The molecule has 1 aliphatic heterocycles. The standard InChI is InChI=1S/C21H23FN6O2S/c1-16-24-20(26-19-8-4-5-9-23-19)14-21(25-16)27-10-12-28(13-11-27)31(29,30)15-17-6-2-3-7-18(17)22/h2-9,14H,10-13,15H2,1H3,(H,23,24,25,26). The summed E-state index contributed by atoms with van der Waals surface area (Å²) < 4.78 is 40.8. The fourth-order valence-corrected chi connectivity index (χ4v) is 4.97. The lowest BCUT2D eigenvalue weighted by molar-refractivity contribution is 0.382. The quantitative estimate of drug-likeness (QED) is 0.628. The van der Waals surface area contributed by atoms with Gasteiger partial charge >= 0.3 is 0 Å². The van der Waals surface area contributed by atoms with Gasteiger partial charge in [0.2, 0.25) is 10.0 Å². The highest BCUT2D eigenvalue weighted by atomic mass is 32.2. The van der Waals surface area contributed by atoms with Gasteiger partial charge in [-0.15, -0.1) is 0 Å². The van der Waals surface area contributed by atoms with Gasteiger partial charge in [0.1, 0.15) is 29.1 Å². The van der Waals surface area contributed by atoms with Crippen molar-refractivity contribution in [3.63, 3.8) is 0 Å². The van der Waals surface area contributed by atoms with Gasteiger partial charge in [-0.2, -0.15) is 4.31 Å². The Morgan fingerprint density at radius 3 is 2.45 bits per heavy atom. The van der Waals surface area contributed by atoms with Crippen molar-refractivity contribution in [1.29, 1.82) is 0 Å². The van der Waals surface area contributed by atoms with Gasteiger partial charge in [0.05, 0.1) is 5.75 Å². The number of piperazine rings is 1. The molecule has 0 saturated carbocycles. The largest absolute Gasteiger partial charge is 0.354 e. The molecule has 1 aliphatic rings. The van der Waals surface area contributed by atoms with Crippen LogP contribution in [0.15, 0.2) is 54.7 Å². The summed E-state index contributed by atoms with van der Waals surface area (Å²) in [6, 6.07) is 13.3. The number of benzene rings is 1. The fourth-order valence-electron chi connectivity index (χ4n) is 3.44. The molecule has 162 valence electrons. The summed E-state index contributed by atoms with van der Waals surface area (Å²) in [6.07, 6.45) is 1.69. The average Bonchev–Trinajstić information content (AvgIpc) is 2.76. The number of nitrogens with zero attached hydrogens (tertiary/aromatic N) is 5. The molecule has 1 fully saturated rings. The van der Waals surface area contributed by atoms with Crippen LogP contribution in [-0.2, 0) is 15.8 Å². The molecule has 10 heteroatoms. The van der Waals surface area contributed by atoms with Crippen LogP contribution in [0.25, 0.3) is 0 Å². The summed E-state index contributed by atoms with van der Waals surface area (Å²) in [5, 5.41) is 3.16. The summed E-state index contributed by atoms with van der Waals surface area (Å²) in [4.78, 5) is 15.2. The molecular formula is C21H23FN6O2S. The van der Waals surface area contributed by atoms with E-state index in [1.807, 2.05) is 36.1 Å². The predicted molar refractivity (Wildman–Crippen MR) is 117 cm³/mol. The Balaban J connectivity index is 1.43. The third kappa shape index (κ3) is 5.15. The van der Waals surface area contributed by atoms with Crippen LogP contribution < -0.4 is 10.2 Å². The first-order valence-electron chi connectivity index (χ1n) is 9.91. The molecule has 0 aliphatic carbocycles. The average molecular weight is 443 g/mol. The lowest BCUT2D eigenvalue weighted by Gasteiger charge is -2.34. The molecule has 3 aromatic rings. The lowest BCUT2D eigenvalue weighted by atomic mass is 10.2. The van der Waals surface area contributed by atoms with Gasteiger partial charge < -0.3 is 10.2 Å². The summed E-state index contributed by atoms with van der Waals surface area (Å²) in [5.41, 5.74) is 0.182. The van der Waals surface area contributed by atoms with Gasteiger partial charge in [0.15, 0.2) is 0 Å². The normalized spacial score (nSPS) is 15.1. The molecule has 4 rings (SSSR count). The van der Waals surface area contributed by atoms with Crippen LogP contribution >= 0.6 is 0 Å². The Bertz CT molecular complexity index is 1150. The summed E-state index contributed by atoms with van der Waals surface area (Å²) in [6.45, 7) is 3.39. The number of aromatic nitrogens is 3. The molecule has 31 heavy (non-hydrogen) atoms. The van der Waals surface area contributed by atoms with E-state index in [1.54, 1.807) is 18.3 Å². The zero-order valence-electron chi connectivity index (χ0n) is 17.1. The molecule has 0 atom stereocenters. The molecule has 0 radical (unpaired) electrons. The number of aryl methyl sites for hydroxylation is 1. The van der Waals surface area contributed by atoms with E-state index in [0.717, 1.165) is 5.82 Å². The van der Waals surface area contributed by atoms with Gasteiger partial charge in [0, 0.05) is 44.0 Å². The predicted octanol–water partition coefficient (Wildman–Crippen LogP) is 2.71. The molecule has 1 saturated heterocycles. The van der Waals surface area contributed by atoms with Gasteiger partial charge in [-0.3, -0.25) is 0 Å². The van der Waals surface area contributed by atoms with Crippen molar-refractivity contribution in [3.8, 4) is 0 Å². The maximum Gasteiger partial charge on any atom is 0.218 e. The van der Waals surface area contributed by atoms with E-state index in [1.165, 1.54) is 16.4 Å². The molecule has 0 bridgehead atoms. The summed E-state index contributed by atoms with van der Waals surface area (Å²) >= 11 is 0. The molecule has 1 aromatic carbocycles. The van der Waals surface area contributed by atoms with Crippen molar-refractivity contribution in [2.75, 3.05) is 36.4 Å². The van der Waals surface area contributed by atoms with Crippen LogP contribution in [0.3, 0.4) is 0 Å².